The van der Waals surface area contributed by atoms with Gasteiger partial charge in [-0.3, -0.25) is 4.79 Å². The monoisotopic (exact) mass is 576 g/mol. The summed E-state index contributed by atoms with van der Waals surface area (Å²) in [7, 11) is 1.65. The number of carbonyl (C=O) groups excluding carboxylic acids is 1. The van der Waals surface area contributed by atoms with E-state index in [-0.39, 0.29) is 29.7 Å². The van der Waals surface area contributed by atoms with Crippen LogP contribution in [-0.2, 0) is 17.8 Å². The van der Waals surface area contributed by atoms with Crippen molar-refractivity contribution in [3.8, 4) is 34.3 Å². The lowest BCUT2D eigenvalue weighted by atomic mass is 9.95. The molecule has 196 valence electrons. The molecule has 0 aliphatic carbocycles. The van der Waals surface area contributed by atoms with Crippen molar-refractivity contribution in [2.75, 3.05) is 25.8 Å². The molecule has 0 unspecified atom stereocenters. The van der Waals surface area contributed by atoms with E-state index in [0.717, 1.165) is 57.7 Å². The average molecular weight is 577 g/mol. The van der Waals surface area contributed by atoms with Crippen LogP contribution in [0.25, 0.3) is 22.0 Å². The lowest BCUT2D eigenvalue weighted by Crippen LogP contribution is -3.00. The van der Waals surface area contributed by atoms with Crippen LogP contribution in [0.2, 0.25) is 0 Å². The fraction of sp³-hybridized carbons (Fsp3) is 0.267. The molecule has 1 amide bonds. The van der Waals surface area contributed by atoms with Gasteiger partial charge >= 0.3 is 0 Å². The first-order valence-electron chi connectivity index (χ1n) is 12.6. The molecule has 6 rings (SSSR count). The molecule has 3 heterocycles. The van der Waals surface area contributed by atoms with Gasteiger partial charge in [-0.1, -0.05) is 17.7 Å². The Morgan fingerprint density at radius 3 is 2.63 bits per heavy atom. The van der Waals surface area contributed by atoms with Crippen LogP contribution < -0.4 is 45.8 Å². The number of anilines is 1. The van der Waals surface area contributed by atoms with Gasteiger partial charge in [0.25, 0.3) is 0 Å². The number of benzene rings is 3. The van der Waals surface area contributed by atoms with Crippen LogP contribution in [0.4, 0.5) is 5.69 Å². The molecule has 0 saturated carbocycles. The molecule has 1 N–H and O–H groups in total. The Hall–Kier alpha value is -3.78. The number of halogens is 1. The summed E-state index contributed by atoms with van der Waals surface area (Å²) in [5.41, 5.74) is 5.52. The fourth-order valence-corrected chi connectivity index (χ4v) is 4.97. The number of pyridine rings is 1. The number of fused-ring (bicyclic) bond motifs is 5. The van der Waals surface area contributed by atoms with Gasteiger partial charge in [-0.15, -0.1) is 0 Å². The molecular weight excluding hydrogens is 548 g/mol. The van der Waals surface area contributed by atoms with E-state index in [2.05, 4.69) is 40.3 Å². The highest BCUT2D eigenvalue weighted by atomic mass is 79.9. The summed E-state index contributed by atoms with van der Waals surface area (Å²) < 4.78 is 25.3. The lowest BCUT2D eigenvalue weighted by Gasteiger charge is -2.18. The molecule has 0 saturated heterocycles. The van der Waals surface area contributed by atoms with Crippen molar-refractivity contribution in [1.29, 1.82) is 0 Å². The van der Waals surface area contributed by atoms with E-state index < -0.39 is 0 Å². The molecule has 2 aliphatic heterocycles. The van der Waals surface area contributed by atoms with Crippen molar-refractivity contribution in [3.63, 3.8) is 0 Å². The third-order valence-corrected chi connectivity index (χ3v) is 6.93. The second-order valence-electron chi connectivity index (χ2n) is 9.43. The van der Waals surface area contributed by atoms with E-state index in [4.69, 9.17) is 18.9 Å². The number of hydrogen-bond donors (Lipinski definition) is 1. The number of aromatic nitrogens is 1. The van der Waals surface area contributed by atoms with Crippen molar-refractivity contribution in [2.45, 2.75) is 32.7 Å². The van der Waals surface area contributed by atoms with Crippen LogP contribution in [-0.4, -0.2) is 26.4 Å². The van der Waals surface area contributed by atoms with Crippen LogP contribution in [0, 0.1) is 6.92 Å². The second-order valence-corrected chi connectivity index (χ2v) is 9.43. The van der Waals surface area contributed by atoms with E-state index in [1.54, 1.807) is 7.11 Å². The third kappa shape index (κ3) is 5.00. The predicted molar refractivity (Wildman–Crippen MR) is 140 cm³/mol. The third-order valence-electron chi connectivity index (χ3n) is 6.93. The van der Waals surface area contributed by atoms with E-state index in [9.17, 15) is 4.79 Å². The first-order chi connectivity index (χ1) is 18.1. The van der Waals surface area contributed by atoms with Crippen molar-refractivity contribution in [2.24, 2.45) is 0 Å². The number of nitrogens with one attached hydrogen (secondary N) is 1. The minimum Gasteiger partial charge on any atom is -1.00 e. The molecule has 0 fully saturated rings. The standard InChI is InChI=1S/C30H28N2O5.BrH/c1-19-5-8-22(9-6-19)31-29(33)4-3-13-35-30-24-17-32-12-11-21-15-27-28(37-18-36-27)16-23(21)25(32)14-20(24)7-10-26(30)34-2;/h5-10,14-17H,3-4,11-13,18H2,1-2H3;1H. The zero-order valence-electron chi connectivity index (χ0n) is 21.4. The molecule has 0 atom stereocenters. The number of aryl methyl sites for hydroxylation is 3. The maximum Gasteiger partial charge on any atom is 0.231 e. The van der Waals surface area contributed by atoms with Gasteiger partial charge < -0.3 is 41.2 Å². The Morgan fingerprint density at radius 1 is 1.05 bits per heavy atom. The largest absolute Gasteiger partial charge is 1.00 e. The predicted octanol–water partition coefficient (Wildman–Crippen LogP) is 2.20. The molecule has 7 nitrogen and oxygen atoms in total. The van der Waals surface area contributed by atoms with Gasteiger partial charge in [0.1, 0.15) is 0 Å². The zero-order chi connectivity index (χ0) is 25.4. The zero-order valence-corrected chi connectivity index (χ0v) is 23.0. The topological polar surface area (TPSA) is 69.9 Å². The van der Waals surface area contributed by atoms with Gasteiger partial charge in [0.05, 0.1) is 24.7 Å². The van der Waals surface area contributed by atoms with Crippen molar-refractivity contribution in [3.05, 3.63) is 71.9 Å². The summed E-state index contributed by atoms with van der Waals surface area (Å²) in [5.74, 6) is 2.96. The first kappa shape index (κ1) is 25.9. The molecule has 0 radical (unpaired) electrons. The maximum atomic E-state index is 12.4. The van der Waals surface area contributed by atoms with Gasteiger partial charge in [0, 0.05) is 24.6 Å². The van der Waals surface area contributed by atoms with Crippen LogP contribution >= 0.6 is 0 Å². The first-order valence-corrected chi connectivity index (χ1v) is 12.6. The highest BCUT2D eigenvalue weighted by Gasteiger charge is 2.28. The summed E-state index contributed by atoms with van der Waals surface area (Å²) in [6.07, 6.45) is 4.01. The normalized spacial score (nSPS) is 12.8. The van der Waals surface area contributed by atoms with Crippen LogP contribution in [0.3, 0.4) is 0 Å². The smallest absolute Gasteiger partial charge is 0.231 e. The summed E-state index contributed by atoms with van der Waals surface area (Å²) in [5, 5.41) is 4.98. The lowest BCUT2D eigenvalue weighted by molar-refractivity contribution is -0.686. The maximum absolute atomic E-state index is 12.4. The summed E-state index contributed by atoms with van der Waals surface area (Å²) in [6, 6.07) is 18.1. The number of methoxy groups -OCH3 is 1. The summed E-state index contributed by atoms with van der Waals surface area (Å²) in [4.78, 5) is 12.4. The second kappa shape index (κ2) is 10.9. The van der Waals surface area contributed by atoms with Crippen molar-refractivity contribution < 1.29 is 45.3 Å². The van der Waals surface area contributed by atoms with Crippen LogP contribution in [0.15, 0.2) is 60.8 Å². The van der Waals surface area contributed by atoms with E-state index >= 15 is 0 Å². The van der Waals surface area contributed by atoms with E-state index in [1.807, 2.05) is 37.3 Å². The Balaban J connectivity index is 0.00000294. The van der Waals surface area contributed by atoms with Gasteiger partial charge in [-0.2, -0.15) is 4.57 Å². The Kier molecular flexibility index (Phi) is 7.42. The Labute approximate surface area is 232 Å². The highest BCUT2D eigenvalue weighted by Crippen LogP contribution is 2.41. The van der Waals surface area contributed by atoms with Gasteiger partial charge in [0.2, 0.25) is 18.4 Å². The quantitative estimate of drug-likeness (QED) is 0.270. The number of hydrogen-bond acceptors (Lipinski definition) is 5. The molecule has 3 aromatic carbocycles. The van der Waals surface area contributed by atoms with Gasteiger partial charge in [0.15, 0.2) is 35.7 Å². The molecule has 0 spiro atoms. The molecule has 4 aromatic rings. The van der Waals surface area contributed by atoms with Crippen LogP contribution in [0.1, 0.15) is 24.0 Å². The number of carbonyl (C=O) groups is 1. The number of amides is 1. The number of rotatable bonds is 7. The minimum atomic E-state index is -0.0264. The van der Waals surface area contributed by atoms with Crippen molar-refractivity contribution in [1.82, 2.24) is 0 Å². The van der Waals surface area contributed by atoms with Gasteiger partial charge in [-0.05, 0) is 60.7 Å². The molecule has 8 heteroatoms. The summed E-state index contributed by atoms with van der Waals surface area (Å²) in [6.45, 7) is 3.55. The molecular formula is C30H29BrN2O5. The fourth-order valence-electron chi connectivity index (χ4n) is 4.97. The number of ether oxygens (including phenoxy) is 4. The molecule has 0 bridgehead atoms. The van der Waals surface area contributed by atoms with Crippen molar-refractivity contribution >= 4 is 22.4 Å². The number of nitrogens with zero attached hydrogens (tertiary/aromatic N) is 1. The van der Waals surface area contributed by atoms with E-state index in [0.29, 0.717) is 30.9 Å². The SMILES string of the molecule is COc1ccc2cc3[n+](cc2c1OCCCC(=O)Nc1ccc(C)cc1)CCc1cc2c(cc1-3)OCO2.[Br-]. The highest BCUT2D eigenvalue weighted by molar-refractivity contribution is 5.92. The minimum absolute atomic E-state index is 0. The molecule has 1 aromatic heterocycles. The van der Waals surface area contributed by atoms with Gasteiger partial charge in [-0.25, -0.2) is 0 Å². The molecule has 38 heavy (non-hydrogen) atoms. The van der Waals surface area contributed by atoms with E-state index in [1.165, 1.54) is 5.56 Å². The average Bonchev–Trinajstić information content (AvgIpc) is 3.37. The Morgan fingerprint density at radius 2 is 1.84 bits per heavy atom. The molecule has 2 aliphatic rings. The van der Waals surface area contributed by atoms with Crippen LogP contribution in [0.5, 0.6) is 23.0 Å². The summed E-state index contributed by atoms with van der Waals surface area (Å²) >= 11 is 0. The Bertz CT molecular complexity index is 1500.